The van der Waals surface area contributed by atoms with Crippen molar-refractivity contribution in [2.75, 3.05) is 26.1 Å². The van der Waals surface area contributed by atoms with Crippen LogP contribution in [0.25, 0.3) is 0 Å². The lowest BCUT2D eigenvalue weighted by Crippen LogP contribution is -2.39. The molecule has 4 rings (SSSR count). The molecule has 0 fully saturated rings. The van der Waals surface area contributed by atoms with E-state index in [0.29, 0.717) is 42.3 Å². The number of hydrogen-bond donors (Lipinski definition) is 1. The monoisotopic (exact) mass is 460 g/mol. The second-order valence-electron chi connectivity index (χ2n) is 8.09. The van der Waals surface area contributed by atoms with Crippen LogP contribution in [0.3, 0.4) is 0 Å². The molecule has 0 bridgehead atoms. The van der Waals surface area contributed by atoms with Crippen LogP contribution in [0.2, 0.25) is 0 Å². The molecule has 1 heterocycles. The van der Waals surface area contributed by atoms with Gasteiger partial charge in [0, 0.05) is 24.3 Å². The Balaban J connectivity index is 1.50. The van der Waals surface area contributed by atoms with E-state index in [9.17, 15) is 9.59 Å². The fourth-order valence-corrected chi connectivity index (χ4v) is 3.95. The van der Waals surface area contributed by atoms with Crippen molar-refractivity contribution in [3.8, 4) is 17.2 Å². The first kappa shape index (κ1) is 23.2. The third-order valence-electron chi connectivity index (χ3n) is 5.82. The average molecular weight is 461 g/mol. The summed E-state index contributed by atoms with van der Waals surface area (Å²) in [6, 6.07) is 20.3. The number of amides is 2. The highest BCUT2D eigenvalue weighted by atomic mass is 16.5. The van der Waals surface area contributed by atoms with Crippen LogP contribution in [0.15, 0.2) is 66.7 Å². The lowest BCUT2D eigenvalue weighted by atomic mass is 10.1. The van der Waals surface area contributed by atoms with Crippen LogP contribution < -0.4 is 19.5 Å². The van der Waals surface area contributed by atoms with Crippen molar-refractivity contribution >= 4 is 17.5 Å². The number of nitrogens with one attached hydrogen (secondary N) is 1. The van der Waals surface area contributed by atoms with E-state index in [2.05, 4.69) is 5.32 Å². The van der Waals surface area contributed by atoms with E-state index in [1.807, 2.05) is 36.4 Å². The Morgan fingerprint density at radius 3 is 2.56 bits per heavy atom. The van der Waals surface area contributed by atoms with Crippen molar-refractivity contribution in [1.29, 1.82) is 0 Å². The molecular weight excluding hydrogens is 432 g/mol. The van der Waals surface area contributed by atoms with Crippen LogP contribution in [0.1, 0.15) is 28.4 Å². The number of carbonyl (C=O) groups excluding carboxylic acids is 2. The van der Waals surface area contributed by atoms with Crippen LogP contribution in [-0.2, 0) is 17.8 Å². The Morgan fingerprint density at radius 2 is 1.82 bits per heavy atom. The van der Waals surface area contributed by atoms with Crippen LogP contribution >= 0.6 is 0 Å². The minimum absolute atomic E-state index is 0.0654. The van der Waals surface area contributed by atoms with Crippen LogP contribution in [0.5, 0.6) is 17.2 Å². The summed E-state index contributed by atoms with van der Waals surface area (Å²) < 4.78 is 16.4. The molecule has 2 amide bonds. The molecular formula is C27H28N2O5. The quantitative estimate of drug-likeness (QED) is 0.569. The fraction of sp³-hybridized carbons (Fsp3) is 0.259. The number of benzene rings is 3. The lowest BCUT2D eigenvalue weighted by Gasteiger charge is -2.22. The summed E-state index contributed by atoms with van der Waals surface area (Å²) in [7, 11) is 3.17. The highest BCUT2D eigenvalue weighted by molar-refractivity contribution is 6.06. The first-order chi connectivity index (χ1) is 16.5. The molecule has 0 aliphatic carbocycles. The number of anilines is 1. The molecule has 176 valence electrons. The molecule has 1 N–H and O–H groups in total. The van der Waals surface area contributed by atoms with Crippen molar-refractivity contribution in [1.82, 2.24) is 4.90 Å². The molecule has 7 heteroatoms. The van der Waals surface area contributed by atoms with E-state index in [-0.39, 0.29) is 11.8 Å². The van der Waals surface area contributed by atoms with E-state index < -0.39 is 6.10 Å². The van der Waals surface area contributed by atoms with Gasteiger partial charge in [0.15, 0.2) is 6.10 Å². The highest BCUT2D eigenvalue weighted by Gasteiger charge is 2.28. The van der Waals surface area contributed by atoms with Gasteiger partial charge in [0.2, 0.25) is 0 Å². The van der Waals surface area contributed by atoms with Gasteiger partial charge in [0.25, 0.3) is 11.8 Å². The maximum absolute atomic E-state index is 13.0. The van der Waals surface area contributed by atoms with Crippen molar-refractivity contribution in [2.24, 2.45) is 0 Å². The first-order valence-electron chi connectivity index (χ1n) is 11.1. The number of para-hydroxylation sites is 1. The van der Waals surface area contributed by atoms with Crippen LogP contribution in [-0.4, -0.2) is 43.6 Å². The summed E-state index contributed by atoms with van der Waals surface area (Å²) in [4.78, 5) is 27.6. The summed E-state index contributed by atoms with van der Waals surface area (Å²) in [5.74, 6) is 1.61. The topological polar surface area (TPSA) is 77.1 Å². The number of nitrogens with zero attached hydrogens (tertiary/aromatic N) is 1. The first-order valence-corrected chi connectivity index (χ1v) is 11.1. The summed E-state index contributed by atoms with van der Waals surface area (Å²) in [6.45, 7) is 2.71. The van der Waals surface area contributed by atoms with E-state index >= 15 is 0 Å². The normalized spacial score (nSPS) is 15.1. The third kappa shape index (κ3) is 5.14. The van der Waals surface area contributed by atoms with Crippen molar-refractivity contribution in [3.63, 3.8) is 0 Å². The van der Waals surface area contributed by atoms with E-state index in [0.717, 1.165) is 16.9 Å². The smallest absolute Gasteiger partial charge is 0.263 e. The molecule has 0 spiro atoms. The van der Waals surface area contributed by atoms with E-state index in [4.69, 9.17) is 14.2 Å². The molecule has 0 saturated carbocycles. The molecule has 1 atom stereocenters. The number of carbonyl (C=O) groups is 2. The fourth-order valence-electron chi connectivity index (χ4n) is 3.95. The summed E-state index contributed by atoms with van der Waals surface area (Å²) in [5, 5.41) is 2.92. The number of methoxy groups -OCH3 is 2. The Kier molecular flexibility index (Phi) is 7.01. The van der Waals surface area contributed by atoms with Gasteiger partial charge in [0.05, 0.1) is 19.8 Å². The van der Waals surface area contributed by atoms with Gasteiger partial charge in [-0.15, -0.1) is 0 Å². The predicted octanol–water partition coefficient (Wildman–Crippen LogP) is 4.31. The Bertz CT molecular complexity index is 1180. The third-order valence-corrected chi connectivity index (χ3v) is 5.82. The minimum Gasteiger partial charge on any atom is -0.497 e. The lowest BCUT2D eigenvalue weighted by molar-refractivity contribution is -0.137. The number of fused-ring (bicyclic) bond motifs is 1. The zero-order chi connectivity index (χ0) is 24.1. The zero-order valence-electron chi connectivity index (χ0n) is 19.5. The Hall–Kier alpha value is -4.00. The molecule has 34 heavy (non-hydrogen) atoms. The standard InChI is InChI=1S/C27H28N2O5/c1-18-27(31)29(15-14-19-8-11-22(32-2)12-9-19)17-20-16-21(10-13-24(20)34-18)28-26(30)23-6-4-5-7-25(23)33-3/h4-13,16,18H,14-15,17H2,1-3H3,(H,28,30)/t18-/m1/s1. The molecule has 0 radical (unpaired) electrons. The second-order valence-corrected chi connectivity index (χ2v) is 8.09. The molecule has 1 aliphatic heterocycles. The van der Waals surface area contributed by atoms with E-state index in [1.54, 1.807) is 49.3 Å². The summed E-state index contributed by atoms with van der Waals surface area (Å²) in [5.41, 5.74) is 3.02. The van der Waals surface area contributed by atoms with Crippen molar-refractivity contribution in [2.45, 2.75) is 26.0 Å². The van der Waals surface area contributed by atoms with Crippen LogP contribution in [0.4, 0.5) is 5.69 Å². The Labute approximate surface area is 199 Å². The van der Waals surface area contributed by atoms with Crippen molar-refractivity contribution < 1.29 is 23.8 Å². The maximum Gasteiger partial charge on any atom is 0.263 e. The molecule has 0 saturated heterocycles. The van der Waals surface area contributed by atoms with Gasteiger partial charge in [-0.25, -0.2) is 0 Å². The summed E-state index contributed by atoms with van der Waals surface area (Å²) >= 11 is 0. The van der Waals surface area contributed by atoms with Gasteiger partial charge in [-0.2, -0.15) is 0 Å². The summed E-state index contributed by atoms with van der Waals surface area (Å²) in [6.07, 6.45) is 0.119. The zero-order valence-corrected chi connectivity index (χ0v) is 19.5. The molecule has 1 aliphatic rings. The van der Waals surface area contributed by atoms with Gasteiger partial charge in [-0.1, -0.05) is 24.3 Å². The SMILES string of the molecule is COc1ccc(CCN2Cc3cc(NC(=O)c4ccccc4OC)ccc3O[C@H](C)C2=O)cc1. The van der Waals surface area contributed by atoms with Gasteiger partial charge >= 0.3 is 0 Å². The maximum atomic E-state index is 13.0. The van der Waals surface area contributed by atoms with Crippen LogP contribution in [0, 0.1) is 0 Å². The minimum atomic E-state index is -0.592. The molecule has 7 nitrogen and oxygen atoms in total. The average Bonchev–Trinajstić information content (AvgIpc) is 2.98. The number of ether oxygens (including phenoxy) is 3. The van der Waals surface area contributed by atoms with Gasteiger partial charge in [0.1, 0.15) is 17.2 Å². The Morgan fingerprint density at radius 1 is 1.06 bits per heavy atom. The van der Waals surface area contributed by atoms with Gasteiger partial charge in [-0.3, -0.25) is 9.59 Å². The van der Waals surface area contributed by atoms with Gasteiger partial charge < -0.3 is 24.4 Å². The molecule has 0 aromatic heterocycles. The predicted molar refractivity (Wildman–Crippen MR) is 130 cm³/mol. The van der Waals surface area contributed by atoms with E-state index in [1.165, 1.54) is 7.11 Å². The highest BCUT2D eigenvalue weighted by Crippen LogP contribution is 2.29. The number of hydrogen-bond acceptors (Lipinski definition) is 5. The molecule has 3 aromatic rings. The molecule has 3 aromatic carbocycles. The largest absolute Gasteiger partial charge is 0.497 e. The second kappa shape index (κ2) is 10.3. The number of rotatable bonds is 7. The van der Waals surface area contributed by atoms with Gasteiger partial charge in [-0.05, 0) is 61.4 Å². The molecule has 0 unspecified atom stereocenters. The van der Waals surface area contributed by atoms with Crippen molar-refractivity contribution in [3.05, 3.63) is 83.4 Å².